The smallest absolute Gasteiger partial charge is 0.261 e. The van der Waals surface area contributed by atoms with Crippen LogP contribution in [0.3, 0.4) is 0 Å². The number of hydrogen-bond acceptors (Lipinski definition) is 8. The maximum absolute atomic E-state index is 13.3. The number of ether oxygens (including phenoxy) is 3. The molecule has 3 aromatic rings. The molecule has 1 aromatic carbocycles. The van der Waals surface area contributed by atoms with Crippen LogP contribution in [0.2, 0.25) is 5.02 Å². The molecule has 1 atom stereocenters. The second kappa shape index (κ2) is 10.8. The number of halogens is 1. The molecule has 33 heavy (non-hydrogen) atoms. The minimum atomic E-state index is -0.156. The molecule has 10 heteroatoms. The molecular formula is C23H27ClN4O4S. The van der Waals surface area contributed by atoms with Gasteiger partial charge in [-0.05, 0) is 24.1 Å². The van der Waals surface area contributed by atoms with Crippen molar-refractivity contribution >= 4 is 39.1 Å². The number of carbonyl (C=O) groups is 1. The molecule has 1 aliphatic heterocycles. The van der Waals surface area contributed by atoms with Crippen LogP contribution in [0.5, 0.6) is 5.88 Å². The van der Waals surface area contributed by atoms with Crippen molar-refractivity contribution in [3.05, 3.63) is 51.1 Å². The first-order valence-corrected chi connectivity index (χ1v) is 11.9. The molecule has 0 radical (unpaired) electrons. The third kappa shape index (κ3) is 5.12. The SMILES string of the molecule is COCc1nc(OC)c2c(C)c(C(=O)NCC(c3ccccc3Cl)N3CCOCC3)sc2n1. The van der Waals surface area contributed by atoms with Crippen molar-refractivity contribution in [3.8, 4) is 5.88 Å². The summed E-state index contributed by atoms with van der Waals surface area (Å²) >= 11 is 7.84. The highest BCUT2D eigenvalue weighted by Gasteiger charge is 2.26. The van der Waals surface area contributed by atoms with E-state index >= 15 is 0 Å². The lowest BCUT2D eigenvalue weighted by Gasteiger charge is -2.35. The van der Waals surface area contributed by atoms with E-state index in [1.54, 1.807) is 14.2 Å². The molecule has 1 unspecified atom stereocenters. The number of morpholine rings is 1. The summed E-state index contributed by atoms with van der Waals surface area (Å²) in [6.07, 6.45) is 0. The van der Waals surface area contributed by atoms with E-state index in [1.807, 2.05) is 31.2 Å². The maximum Gasteiger partial charge on any atom is 0.261 e. The first kappa shape index (κ1) is 23.8. The molecular weight excluding hydrogens is 464 g/mol. The number of hydrogen-bond donors (Lipinski definition) is 1. The Hall–Kier alpha value is -2.30. The van der Waals surface area contributed by atoms with Crippen molar-refractivity contribution in [3.63, 3.8) is 0 Å². The van der Waals surface area contributed by atoms with Gasteiger partial charge in [0.15, 0.2) is 5.82 Å². The second-order valence-corrected chi connectivity index (χ2v) is 9.12. The van der Waals surface area contributed by atoms with Gasteiger partial charge in [0.25, 0.3) is 5.91 Å². The zero-order chi connectivity index (χ0) is 23.4. The summed E-state index contributed by atoms with van der Waals surface area (Å²) in [5, 5.41) is 4.56. The molecule has 0 bridgehead atoms. The Morgan fingerprint density at radius 2 is 2.03 bits per heavy atom. The van der Waals surface area contributed by atoms with Crippen molar-refractivity contribution in [1.29, 1.82) is 0 Å². The molecule has 8 nitrogen and oxygen atoms in total. The highest BCUT2D eigenvalue weighted by Crippen LogP contribution is 2.35. The van der Waals surface area contributed by atoms with Crippen LogP contribution in [0.25, 0.3) is 10.2 Å². The maximum atomic E-state index is 13.3. The van der Waals surface area contributed by atoms with Gasteiger partial charge in [-0.15, -0.1) is 11.3 Å². The number of rotatable bonds is 8. The van der Waals surface area contributed by atoms with Crippen LogP contribution in [-0.2, 0) is 16.1 Å². The number of amides is 1. The monoisotopic (exact) mass is 490 g/mol. The Kier molecular flexibility index (Phi) is 7.77. The van der Waals surface area contributed by atoms with E-state index in [9.17, 15) is 4.79 Å². The van der Waals surface area contributed by atoms with E-state index in [2.05, 4.69) is 20.2 Å². The van der Waals surface area contributed by atoms with Gasteiger partial charge in [-0.3, -0.25) is 9.69 Å². The van der Waals surface area contributed by atoms with E-state index in [-0.39, 0.29) is 18.6 Å². The van der Waals surface area contributed by atoms with Gasteiger partial charge in [-0.2, -0.15) is 4.98 Å². The predicted octanol–water partition coefficient (Wildman–Crippen LogP) is 3.61. The van der Waals surface area contributed by atoms with E-state index in [4.69, 9.17) is 25.8 Å². The lowest BCUT2D eigenvalue weighted by atomic mass is 10.0. The Labute approximate surface area is 201 Å². The summed E-state index contributed by atoms with van der Waals surface area (Å²) in [6.45, 7) is 5.46. The lowest BCUT2D eigenvalue weighted by Crippen LogP contribution is -2.43. The highest BCUT2D eigenvalue weighted by atomic mass is 35.5. The van der Waals surface area contributed by atoms with Crippen molar-refractivity contribution < 1.29 is 19.0 Å². The fourth-order valence-electron chi connectivity index (χ4n) is 4.04. The van der Waals surface area contributed by atoms with Crippen molar-refractivity contribution in [2.24, 2.45) is 0 Å². The van der Waals surface area contributed by atoms with Gasteiger partial charge in [0, 0.05) is 31.8 Å². The number of nitrogens with one attached hydrogen (secondary N) is 1. The highest BCUT2D eigenvalue weighted by molar-refractivity contribution is 7.20. The van der Waals surface area contributed by atoms with Gasteiger partial charge < -0.3 is 19.5 Å². The van der Waals surface area contributed by atoms with E-state index < -0.39 is 0 Å². The Bertz CT molecular complexity index is 1130. The van der Waals surface area contributed by atoms with Gasteiger partial charge in [0.1, 0.15) is 11.4 Å². The van der Waals surface area contributed by atoms with E-state index in [1.165, 1.54) is 11.3 Å². The third-order valence-corrected chi connectivity index (χ3v) is 7.21. The van der Waals surface area contributed by atoms with Crippen molar-refractivity contribution in [2.75, 3.05) is 47.1 Å². The number of benzene rings is 1. The average molecular weight is 491 g/mol. The van der Waals surface area contributed by atoms with Crippen LogP contribution < -0.4 is 10.1 Å². The number of aromatic nitrogens is 2. The molecule has 1 saturated heterocycles. The largest absolute Gasteiger partial charge is 0.480 e. The molecule has 3 heterocycles. The summed E-state index contributed by atoms with van der Waals surface area (Å²) in [6, 6.07) is 7.72. The van der Waals surface area contributed by atoms with Crippen molar-refractivity contribution in [2.45, 2.75) is 19.6 Å². The van der Waals surface area contributed by atoms with Gasteiger partial charge in [0.05, 0.1) is 36.6 Å². The van der Waals surface area contributed by atoms with E-state index in [0.717, 1.165) is 29.6 Å². The summed E-state index contributed by atoms with van der Waals surface area (Å²) in [7, 11) is 3.15. The summed E-state index contributed by atoms with van der Waals surface area (Å²) in [5.41, 5.74) is 1.79. The summed E-state index contributed by atoms with van der Waals surface area (Å²) in [4.78, 5) is 25.8. The van der Waals surface area contributed by atoms with Crippen LogP contribution in [-0.4, -0.2) is 67.8 Å². The zero-order valence-electron chi connectivity index (χ0n) is 18.9. The van der Waals surface area contributed by atoms with Gasteiger partial charge in [-0.1, -0.05) is 29.8 Å². The fourth-order valence-corrected chi connectivity index (χ4v) is 5.41. The molecule has 2 aromatic heterocycles. The molecule has 1 aliphatic rings. The van der Waals surface area contributed by atoms with Gasteiger partial charge >= 0.3 is 0 Å². The molecule has 176 valence electrons. The average Bonchev–Trinajstić information content (AvgIpc) is 3.17. The summed E-state index contributed by atoms with van der Waals surface area (Å²) < 4.78 is 16.1. The quantitative estimate of drug-likeness (QED) is 0.516. The number of methoxy groups -OCH3 is 2. The Morgan fingerprint density at radius 3 is 2.73 bits per heavy atom. The van der Waals surface area contributed by atoms with Gasteiger partial charge in [-0.25, -0.2) is 4.98 Å². The zero-order valence-corrected chi connectivity index (χ0v) is 20.5. The Morgan fingerprint density at radius 1 is 1.27 bits per heavy atom. The lowest BCUT2D eigenvalue weighted by molar-refractivity contribution is 0.0162. The minimum Gasteiger partial charge on any atom is -0.480 e. The molecule has 0 spiro atoms. The molecule has 1 amide bonds. The molecule has 0 aliphatic carbocycles. The number of fused-ring (bicyclic) bond motifs is 1. The van der Waals surface area contributed by atoms with E-state index in [0.29, 0.717) is 46.2 Å². The third-order valence-electron chi connectivity index (χ3n) is 5.68. The normalized spacial score (nSPS) is 15.5. The predicted molar refractivity (Wildman–Crippen MR) is 128 cm³/mol. The van der Waals surface area contributed by atoms with Crippen LogP contribution in [0.4, 0.5) is 0 Å². The number of carbonyl (C=O) groups excluding carboxylic acids is 1. The molecule has 0 saturated carbocycles. The molecule has 4 rings (SSSR count). The first-order valence-electron chi connectivity index (χ1n) is 10.7. The van der Waals surface area contributed by atoms with Gasteiger partial charge in [0.2, 0.25) is 5.88 Å². The number of aryl methyl sites for hydroxylation is 1. The summed E-state index contributed by atoms with van der Waals surface area (Å²) in [5.74, 6) is 0.805. The molecule has 1 N–H and O–H groups in total. The standard InChI is InChI=1S/C23H27ClN4O4S/c1-14-19-22(31-3)26-18(13-30-2)27-23(19)33-20(14)21(29)25-12-17(28-8-10-32-11-9-28)15-6-4-5-7-16(15)24/h4-7,17H,8-13H2,1-3H3,(H,25,29). The van der Waals surface area contributed by atoms with Crippen molar-refractivity contribution in [1.82, 2.24) is 20.2 Å². The topological polar surface area (TPSA) is 85.8 Å². The number of nitrogens with zero attached hydrogens (tertiary/aromatic N) is 3. The minimum absolute atomic E-state index is 0.0520. The van der Waals surface area contributed by atoms with Crippen LogP contribution >= 0.6 is 22.9 Å². The first-order chi connectivity index (χ1) is 16.0. The van der Waals surface area contributed by atoms with Crippen LogP contribution in [0, 0.1) is 6.92 Å². The molecule has 1 fully saturated rings. The Balaban J connectivity index is 1.59. The second-order valence-electron chi connectivity index (χ2n) is 7.71. The van der Waals surface area contributed by atoms with Crippen LogP contribution in [0.15, 0.2) is 24.3 Å². The fraction of sp³-hybridized carbons (Fsp3) is 0.435. The van der Waals surface area contributed by atoms with Crippen LogP contribution in [0.1, 0.15) is 32.7 Å². The number of thiophene rings is 1.